The van der Waals surface area contributed by atoms with Crippen LogP contribution in [0.5, 0.6) is 11.5 Å². The van der Waals surface area contributed by atoms with E-state index in [2.05, 4.69) is 28.5 Å². The molecule has 29 heavy (non-hydrogen) atoms. The van der Waals surface area contributed by atoms with Crippen LogP contribution in [0, 0.1) is 0 Å². The molecule has 2 N–H and O–H groups in total. The van der Waals surface area contributed by atoms with Gasteiger partial charge in [-0.25, -0.2) is 0 Å². The lowest BCUT2D eigenvalue weighted by molar-refractivity contribution is 0.0947. The molecule has 0 bridgehead atoms. The first kappa shape index (κ1) is 18.6. The Morgan fingerprint density at radius 2 is 1.59 bits per heavy atom. The van der Waals surface area contributed by atoms with Crippen molar-refractivity contribution < 1.29 is 14.3 Å². The molecule has 1 amide bonds. The molecule has 0 saturated carbocycles. The third-order valence-electron chi connectivity index (χ3n) is 4.91. The van der Waals surface area contributed by atoms with Crippen molar-refractivity contribution in [1.82, 2.24) is 10.3 Å². The van der Waals surface area contributed by atoms with Crippen LogP contribution in [0.3, 0.4) is 0 Å². The normalized spacial score (nSPS) is 10.7. The minimum absolute atomic E-state index is 0.165. The Kier molecular flexibility index (Phi) is 5.20. The molecule has 0 radical (unpaired) electrons. The summed E-state index contributed by atoms with van der Waals surface area (Å²) < 4.78 is 10.7. The minimum Gasteiger partial charge on any atom is -0.493 e. The number of nitrogens with one attached hydrogen (secondary N) is 2. The molecule has 0 atom stereocenters. The average molecular weight is 386 g/mol. The van der Waals surface area contributed by atoms with Gasteiger partial charge in [0.15, 0.2) is 11.5 Å². The Morgan fingerprint density at radius 3 is 2.34 bits per heavy atom. The Hall–Kier alpha value is -3.73. The topological polar surface area (TPSA) is 63.3 Å². The lowest BCUT2D eigenvalue weighted by atomic mass is 10.00. The largest absolute Gasteiger partial charge is 0.493 e. The molecule has 0 unspecified atom stereocenters. The van der Waals surface area contributed by atoms with Crippen molar-refractivity contribution in [2.24, 2.45) is 0 Å². The van der Waals surface area contributed by atoms with Gasteiger partial charge in [-0.1, -0.05) is 54.6 Å². The van der Waals surface area contributed by atoms with Crippen LogP contribution in [0.25, 0.3) is 22.0 Å². The second kappa shape index (κ2) is 8.10. The van der Waals surface area contributed by atoms with Crippen molar-refractivity contribution in [3.8, 4) is 22.6 Å². The fourth-order valence-electron chi connectivity index (χ4n) is 3.43. The van der Waals surface area contributed by atoms with E-state index in [9.17, 15) is 4.79 Å². The zero-order valence-electron chi connectivity index (χ0n) is 16.4. The van der Waals surface area contributed by atoms with E-state index in [4.69, 9.17) is 9.47 Å². The summed E-state index contributed by atoms with van der Waals surface area (Å²) in [6, 6.07) is 23.7. The summed E-state index contributed by atoms with van der Waals surface area (Å²) >= 11 is 0. The first-order valence-corrected chi connectivity index (χ1v) is 9.36. The maximum Gasteiger partial charge on any atom is 0.267 e. The number of rotatable bonds is 6. The maximum atomic E-state index is 12.7. The molecule has 5 heteroatoms. The highest BCUT2D eigenvalue weighted by Crippen LogP contribution is 2.32. The summed E-state index contributed by atoms with van der Waals surface area (Å²) in [7, 11) is 3.18. The van der Waals surface area contributed by atoms with E-state index in [0.717, 1.165) is 27.6 Å². The summed E-state index contributed by atoms with van der Waals surface area (Å²) in [6.07, 6.45) is 0. The third-order valence-corrected chi connectivity index (χ3v) is 4.91. The standard InChI is InChI=1S/C24H22N2O3/c1-28-22-13-18-12-21(26-20(18)14-23(22)29-2)24(27)25-15-17-10-6-7-11-19(17)16-8-4-3-5-9-16/h3-14,26H,15H2,1-2H3,(H,25,27). The highest BCUT2D eigenvalue weighted by atomic mass is 16.5. The minimum atomic E-state index is -0.165. The van der Waals surface area contributed by atoms with Crippen molar-refractivity contribution in [2.75, 3.05) is 14.2 Å². The molecule has 4 rings (SSSR count). The molecule has 4 aromatic rings. The average Bonchev–Trinajstić information content (AvgIpc) is 3.20. The molecule has 1 aromatic heterocycles. The van der Waals surface area contributed by atoms with Crippen molar-refractivity contribution in [3.63, 3.8) is 0 Å². The fraction of sp³-hybridized carbons (Fsp3) is 0.125. The zero-order valence-corrected chi connectivity index (χ0v) is 16.4. The highest BCUT2D eigenvalue weighted by molar-refractivity contribution is 5.98. The van der Waals surface area contributed by atoms with Crippen molar-refractivity contribution in [2.45, 2.75) is 6.54 Å². The van der Waals surface area contributed by atoms with E-state index >= 15 is 0 Å². The summed E-state index contributed by atoms with van der Waals surface area (Å²) in [6.45, 7) is 0.436. The van der Waals surface area contributed by atoms with E-state index in [0.29, 0.717) is 23.7 Å². The number of hydrogen-bond acceptors (Lipinski definition) is 3. The summed E-state index contributed by atoms with van der Waals surface area (Å²) in [5.41, 5.74) is 4.61. The lowest BCUT2D eigenvalue weighted by Gasteiger charge is -2.10. The van der Waals surface area contributed by atoms with Gasteiger partial charge in [-0.3, -0.25) is 4.79 Å². The van der Waals surface area contributed by atoms with Crippen LogP contribution < -0.4 is 14.8 Å². The Morgan fingerprint density at radius 1 is 0.897 bits per heavy atom. The van der Waals surface area contributed by atoms with Crippen molar-refractivity contribution in [3.05, 3.63) is 84.1 Å². The van der Waals surface area contributed by atoms with Crippen LogP contribution in [0.1, 0.15) is 16.1 Å². The monoisotopic (exact) mass is 386 g/mol. The third kappa shape index (κ3) is 3.80. The van der Waals surface area contributed by atoms with Crippen LogP contribution >= 0.6 is 0 Å². The number of benzene rings is 3. The molecule has 1 heterocycles. The van der Waals surface area contributed by atoms with Crippen LogP contribution in [0.2, 0.25) is 0 Å². The SMILES string of the molecule is COc1cc2cc(C(=O)NCc3ccccc3-c3ccccc3)[nH]c2cc1OC. The van der Waals surface area contributed by atoms with Gasteiger partial charge in [-0.2, -0.15) is 0 Å². The van der Waals surface area contributed by atoms with Crippen molar-refractivity contribution >= 4 is 16.8 Å². The maximum absolute atomic E-state index is 12.7. The molecule has 3 aromatic carbocycles. The van der Waals surface area contributed by atoms with Gasteiger partial charge in [0.25, 0.3) is 5.91 Å². The number of methoxy groups -OCH3 is 2. The number of hydrogen-bond donors (Lipinski definition) is 2. The van der Waals surface area contributed by atoms with E-state index in [1.807, 2.05) is 54.6 Å². The number of carbonyl (C=O) groups excluding carboxylic acids is 1. The van der Waals surface area contributed by atoms with Crippen LogP contribution in [-0.2, 0) is 6.54 Å². The number of aromatic amines is 1. The number of H-pyrrole nitrogens is 1. The van der Waals surface area contributed by atoms with Gasteiger partial charge >= 0.3 is 0 Å². The molecule has 0 aliphatic rings. The summed E-state index contributed by atoms with van der Waals surface area (Å²) in [5, 5.41) is 3.90. The van der Waals surface area contributed by atoms with Crippen molar-refractivity contribution in [1.29, 1.82) is 0 Å². The van der Waals surface area contributed by atoms with Gasteiger partial charge in [0, 0.05) is 23.5 Å². The Bertz CT molecular complexity index is 1110. The van der Waals surface area contributed by atoms with Gasteiger partial charge in [0.05, 0.1) is 14.2 Å². The first-order chi connectivity index (χ1) is 14.2. The molecule has 0 aliphatic carbocycles. The Labute approximate surface area is 169 Å². The second-order valence-electron chi connectivity index (χ2n) is 6.68. The highest BCUT2D eigenvalue weighted by Gasteiger charge is 2.13. The quantitative estimate of drug-likeness (QED) is 0.501. The molecule has 0 aliphatic heterocycles. The summed E-state index contributed by atoms with van der Waals surface area (Å²) in [4.78, 5) is 15.9. The van der Waals surface area contributed by atoms with E-state index in [1.165, 1.54) is 0 Å². The van der Waals surface area contributed by atoms with Crippen LogP contribution in [0.15, 0.2) is 72.8 Å². The number of fused-ring (bicyclic) bond motifs is 1. The van der Waals surface area contributed by atoms with Crippen LogP contribution in [0.4, 0.5) is 0 Å². The Balaban J connectivity index is 1.55. The van der Waals surface area contributed by atoms with Gasteiger partial charge < -0.3 is 19.8 Å². The van der Waals surface area contributed by atoms with E-state index < -0.39 is 0 Å². The van der Waals surface area contributed by atoms with Gasteiger partial charge in [-0.15, -0.1) is 0 Å². The fourth-order valence-corrected chi connectivity index (χ4v) is 3.43. The predicted octanol–water partition coefficient (Wildman–Crippen LogP) is 4.78. The number of ether oxygens (including phenoxy) is 2. The predicted molar refractivity (Wildman–Crippen MR) is 114 cm³/mol. The first-order valence-electron chi connectivity index (χ1n) is 9.36. The summed E-state index contributed by atoms with van der Waals surface area (Å²) in [5.74, 6) is 1.08. The van der Waals surface area contributed by atoms with E-state index in [-0.39, 0.29) is 5.91 Å². The number of carbonyl (C=O) groups is 1. The molecule has 0 saturated heterocycles. The molecular formula is C24H22N2O3. The molecular weight excluding hydrogens is 364 g/mol. The second-order valence-corrected chi connectivity index (χ2v) is 6.68. The van der Waals surface area contributed by atoms with Crippen LogP contribution in [-0.4, -0.2) is 25.1 Å². The molecule has 146 valence electrons. The van der Waals surface area contributed by atoms with Gasteiger partial charge in [-0.05, 0) is 28.8 Å². The van der Waals surface area contributed by atoms with Gasteiger partial charge in [0.1, 0.15) is 5.69 Å². The zero-order chi connectivity index (χ0) is 20.2. The van der Waals surface area contributed by atoms with Gasteiger partial charge in [0.2, 0.25) is 0 Å². The molecule has 5 nitrogen and oxygen atoms in total. The van der Waals surface area contributed by atoms with E-state index in [1.54, 1.807) is 14.2 Å². The molecule has 0 fully saturated rings. The smallest absolute Gasteiger partial charge is 0.267 e. The number of aromatic nitrogens is 1. The number of amides is 1. The molecule has 0 spiro atoms. The lowest BCUT2D eigenvalue weighted by Crippen LogP contribution is -2.23.